The van der Waals surface area contributed by atoms with Gasteiger partial charge in [-0.2, -0.15) is 5.26 Å². The predicted molar refractivity (Wildman–Crippen MR) is 64.3 cm³/mol. The van der Waals surface area contributed by atoms with Crippen molar-refractivity contribution in [2.75, 3.05) is 5.32 Å². The molecule has 0 aliphatic rings. The summed E-state index contributed by atoms with van der Waals surface area (Å²) in [5.41, 5.74) is -0.596. The summed E-state index contributed by atoms with van der Waals surface area (Å²) in [6.07, 6.45) is 0.749. The molecule has 0 aromatic carbocycles. The van der Waals surface area contributed by atoms with Gasteiger partial charge in [-0.3, -0.25) is 5.32 Å². The average molecular weight is 299 g/mol. The third-order valence-electron chi connectivity index (χ3n) is 1.46. The second-order valence-corrected chi connectivity index (χ2v) is 4.98. The molecule has 1 amide bonds. The standard InChI is InChI=1S/C10H11BrN4O2/c1-10(2,3)17-9(16)15-8-6(11)5-13-7(4-12)14-8/h5H,1-3H3,(H,13,14,15,16). The van der Waals surface area contributed by atoms with E-state index in [0.717, 1.165) is 0 Å². The molecule has 1 aromatic rings. The summed E-state index contributed by atoms with van der Waals surface area (Å²) in [6.45, 7) is 5.26. The molecule has 1 N–H and O–H groups in total. The van der Waals surface area contributed by atoms with Crippen LogP contribution in [0.2, 0.25) is 0 Å². The number of carbonyl (C=O) groups excluding carboxylic acids is 1. The van der Waals surface area contributed by atoms with Crippen LogP contribution >= 0.6 is 15.9 Å². The maximum Gasteiger partial charge on any atom is 0.413 e. The minimum absolute atomic E-state index is 0.0285. The zero-order valence-corrected chi connectivity index (χ0v) is 11.2. The third kappa shape index (κ3) is 4.36. The molecular weight excluding hydrogens is 288 g/mol. The molecule has 0 aliphatic heterocycles. The summed E-state index contributed by atoms with van der Waals surface area (Å²) >= 11 is 3.16. The molecule has 7 heteroatoms. The molecule has 1 heterocycles. The van der Waals surface area contributed by atoms with E-state index in [1.807, 2.05) is 0 Å². The van der Waals surface area contributed by atoms with Gasteiger partial charge < -0.3 is 4.74 Å². The van der Waals surface area contributed by atoms with E-state index in [1.54, 1.807) is 26.8 Å². The lowest BCUT2D eigenvalue weighted by molar-refractivity contribution is 0.0635. The van der Waals surface area contributed by atoms with Gasteiger partial charge in [-0.15, -0.1) is 0 Å². The van der Waals surface area contributed by atoms with Crippen molar-refractivity contribution in [2.24, 2.45) is 0 Å². The lowest BCUT2D eigenvalue weighted by Crippen LogP contribution is -2.27. The first kappa shape index (κ1) is 13.4. The number of anilines is 1. The normalized spacial score (nSPS) is 10.5. The van der Waals surface area contributed by atoms with E-state index in [2.05, 4.69) is 31.2 Å². The molecule has 90 valence electrons. The van der Waals surface area contributed by atoms with Gasteiger partial charge in [0.1, 0.15) is 11.7 Å². The number of nitrogens with one attached hydrogen (secondary N) is 1. The predicted octanol–water partition coefficient (Wildman–Crippen LogP) is 2.46. The number of halogens is 1. The summed E-state index contributed by atoms with van der Waals surface area (Å²) in [6, 6.07) is 1.78. The first-order valence-electron chi connectivity index (χ1n) is 4.74. The zero-order chi connectivity index (χ0) is 13.1. The summed E-state index contributed by atoms with van der Waals surface area (Å²) < 4.78 is 5.53. The summed E-state index contributed by atoms with van der Waals surface area (Å²) in [4.78, 5) is 19.0. The monoisotopic (exact) mass is 298 g/mol. The van der Waals surface area contributed by atoms with Crippen LogP contribution in [0, 0.1) is 11.3 Å². The van der Waals surface area contributed by atoms with Gasteiger partial charge in [0.15, 0.2) is 5.82 Å². The van der Waals surface area contributed by atoms with E-state index in [9.17, 15) is 4.79 Å². The van der Waals surface area contributed by atoms with Crippen LogP contribution in [-0.2, 0) is 4.74 Å². The summed E-state index contributed by atoms with van der Waals surface area (Å²) in [5.74, 6) is 0.171. The van der Waals surface area contributed by atoms with Crippen molar-refractivity contribution in [3.8, 4) is 6.07 Å². The highest BCUT2D eigenvalue weighted by atomic mass is 79.9. The minimum atomic E-state index is -0.638. The fourth-order valence-corrected chi connectivity index (χ4v) is 1.20. The van der Waals surface area contributed by atoms with E-state index in [1.165, 1.54) is 6.20 Å². The van der Waals surface area contributed by atoms with Crippen LogP contribution in [-0.4, -0.2) is 21.7 Å². The molecular formula is C10H11BrN4O2. The van der Waals surface area contributed by atoms with Crippen molar-refractivity contribution in [3.05, 3.63) is 16.5 Å². The van der Waals surface area contributed by atoms with Crippen molar-refractivity contribution < 1.29 is 9.53 Å². The van der Waals surface area contributed by atoms with Crippen LogP contribution in [0.5, 0.6) is 0 Å². The van der Waals surface area contributed by atoms with Crippen molar-refractivity contribution in [2.45, 2.75) is 26.4 Å². The topological polar surface area (TPSA) is 87.9 Å². The SMILES string of the molecule is CC(C)(C)OC(=O)Nc1nc(C#N)ncc1Br. The number of rotatable bonds is 1. The van der Waals surface area contributed by atoms with Gasteiger partial charge >= 0.3 is 6.09 Å². The first-order chi connectivity index (χ1) is 7.81. The van der Waals surface area contributed by atoms with Crippen LogP contribution < -0.4 is 5.32 Å². The van der Waals surface area contributed by atoms with Crippen molar-refractivity contribution in [3.63, 3.8) is 0 Å². The fourth-order valence-electron chi connectivity index (χ4n) is 0.909. The number of ether oxygens (including phenoxy) is 1. The lowest BCUT2D eigenvalue weighted by Gasteiger charge is -2.19. The molecule has 0 saturated heterocycles. The molecule has 0 fully saturated rings. The van der Waals surface area contributed by atoms with Crippen molar-refractivity contribution >= 4 is 27.8 Å². The minimum Gasteiger partial charge on any atom is -0.444 e. The maximum atomic E-state index is 11.5. The van der Waals surface area contributed by atoms with Crippen molar-refractivity contribution in [1.82, 2.24) is 9.97 Å². The second-order valence-electron chi connectivity index (χ2n) is 4.13. The Kier molecular flexibility index (Phi) is 4.02. The molecule has 1 rings (SSSR count). The van der Waals surface area contributed by atoms with E-state index in [0.29, 0.717) is 4.47 Å². The first-order valence-corrected chi connectivity index (χ1v) is 5.54. The molecule has 0 aliphatic carbocycles. The molecule has 0 atom stereocenters. The molecule has 0 saturated carbocycles. The smallest absolute Gasteiger partial charge is 0.413 e. The number of carbonyl (C=O) groups is 1. The Morgan fingerprint density at radius 1 is 1.59 bits per heavy atom. The van der Waals surface area contributed by atoms with E-state index in [-0.39, 0.29) is 11.6 Å². The van der Waals surface area contributed by atoms with Gasteiger partial charge in [0, 0.05) is 6.20 Å². The molecule has 0 spiro atoms. The maximum absolute atomic E-state index is 11.5. The summed E-state index contributed by atoms with van der Waals surface area (Å²) in [7, 11) is 0. The number of aromatic nitrogens is 2. The van der Waals surface area contributed by atoms with Gasteiger partial charge in [0.05, 0.1) is 4.47 Å². The Morgan fingerprint density at radius 3 is 2.76 bits per heavy atom. The van der Waals surface area contributed by atoms with Gasteiger partial charge in [0.2, 0.25) is 5.82 Å². The second kappa shape index (κ2) is 5.10. The highest BCUT2D eigenvalue weighted by molar-refractivity contribution is 9.10. The van der Waals surface area contributed by atoms with E-state index < -0.39 is 11.7 Å². The number of nitrogens with zero attached hydrogens (tertiary/aromatic N) is 3. The Morgan fingerprint density at radius 2 is 2.24 bits per heavy atom. The quantitative estimate of drug-likeness (QED) is 0.860. The van der Waals surface area contributed by atoms with Crippen LogP contribution in [0.4, 0.5) is 10.6 Å². The van der Waals surface area contributed by atoms with Crippen LogP contribution in [0.25, 0.3) is 0 Å². The van der Waals surface area contributed by atoms with Gasteiger partial charge in [-0.1, -0.05) is 0 Å². The highest BCUT2D eigenvalue weighted by Crippen LogP contribution is 2.19. The number of nitriles is 1. The highest BCUT2D eigenvalue weighted by Gasteiger charge is 2.17. The van der Waals surface area contributed by atoms with E-state index in [4.69, 9.17) is 10.00 Å². The molecule has 0 radical (unpaired) electrons. The zero-order valence-electron chi connectivity index (χ0n) is 9.61. The average Bonchev–Trinajstić information content (AvgIpc) is 2.18. The number of hydrogen-bond acceptors (Lipinski definition) is 5. The lowest BCUT2D eigenvalue weighted by atomic mass is 10.2. The van der Waals surface area contributed by atoms with Crippen LogP contribution in [0.15, 0.2) is 10.7 Å². The van der Waals surface area contributed by atoms with Gasteiger partial charge in [-0.25, -0.2) is 14.8 Å². The molecule has 17 heavy (non-hydrogen) atoms. The number of hydrogen-bond donors (Lipinski definition) is 1. The Bertz CT molecular complexity index is 476. The Labute approximate surface area is 107 Å². The summed E-state index contributed by atoms with van der Waals surface area (Å²) in [5, 5.41) is 11.1. The molecule has 6 nitrogen and oxygen atoms in total. The van der Waals surface area contributed by atoms with Crippen LogP contribution in [0.1, 0.15) is 26.6 Å². The van der Waals surface area contributed by atoms with Gasteiger partial charge in [-0.05, 0) is 36.7 Å². The number of amides is 1. The largest absolute Gasteiger partial charge is 0.444 e. The molecule has 0 bridgehead atoms. The van der Waals surface area contributed by atoms with Crippen molar-refractivity contribution in [1.29, 1.82) is 5.26 Å². The van der Waals surface area contributed by atoms with E-state index >= 15 is 0 Å². The molecule has 1 aromatic heterocycles. The fraction of sp³-hybridized carbons (Fsp3) is 0.400. The molecule has 0 unspecified atom stereocenters. The third-order valence-corrected chi connectivity index (χ3v) is 2.04. The Hall–Kier alpha value is -1.68. The van der Waals surface area contributed by atoms with Gasteiger partial charge in [0.25, 0.3) is 0 Å². The van der Waals surface area contributed by atoms with Crippen LogP contribution in [0.3, 0.4) is 0 Å². The Balaban J connectivity index is 2.82.